The minimum Gasteiger partial charge on any atom is -0.373 e. The Morgan fingerprint density at radius 2 is 1.19 bits per heavy atom. The highest BCUT2D eigenvalue weighted by Crippen LogP contribution is 2.20. The summed E-state index contributed by atoms with van der Waals surface area (Å²) >= 11 is 0. The van der Waals surface area contributed by atoms with Crippen LogP contribution in [0.15, 0.2) is 0 Å². The molecular formula is C16H37NO3Si. The largest absolute Gasteiger partial charge is 0.518 e. The molecule has 0 aromatic carbocycles. The van der Waals surface area contributed by atoms with E-state index in [0.717, 1.165) is 32.1 Å². The maximum Gasteiger partial charge on any atom is 0.518 e. The maximum atomic E-state index is 6.44. The molecule has 1 atom stereocenters. The lowest BCUT2D eigenvalue weighted by Crippen LogP contribution is -2.60. The lowest BCUT2D eigenvalue weighted by molar-refractivity contribution is 0.0495. The van der Waals surface area contributed by atoms with E-state index in [1.54, 1.807) is 0 Å². The predicted molar refractivity (Wildman–Crippen MR) is 91.2 cm³/mol. The molecule has 2 N–H and O–H groups in total. The number of unbranched alkanes of at least 4 members (excludes halogenated alkanes) is 3. The van der Waals surface area contributed by atoms with E-state index in [2.05, 4.69) is 27.7 Å². The molecule has 0 heterocycles. The third-order valence-corrected chi connectivity index (χ3v) is 6.36. The van der Waals surface area contributed by atoms with Crippen LogP contribution in [-0.2, 0) is 13.3 Å². The van der Waals surface area contributed by atoms with E-state index in [9.17, 15) is 0 Å². The lowest BCUT2D eigenvalue weighted by Gasteiger charge is -2.34. The molecule has 0 aromatic heterocycles. The van der Waals surface area contributed by atoms with Crippen molar-refractivity contribution in [2.45, 2.75) is 84.7 Å². The third kappa shape index (κ3) is 8.93. The second kappa shape index (κ2) is 13.7. The summed E-state index contributed by atoms with van der Waals surface area (Å²) in [5.74, 6) is 0. The van der Waals surface area contributed by atoms with Gasteiger partial charge in [-0.05, 0) is 25.7 Å². The zero-order chi connectivity index (χ0) is 16.0. The molecule has 0 amide bonds. The molecule has 21 heavy (non-hydrogen) atoms. The molecule has 4 nitrogen and oxygen atoms in total. The van der Waals surface area contributed by atoms with Crippen molar-refractivity contribution < 1.29 is 13.3 Å². The van der Waals surface area contributed by atoms with E-state index in [-0.39, 0.29) is 5.67 Å². The third-order valence-electron chi connectivity index (χ3n) is 3.34. The molecule has 0 rings (SSSR count). The maximum absolute atomic E-state index is 6.44. The first kappa shape index (κ1) is 21.1. The summed E-state index contributed by atoms with van der Waals surface area (Å²) in [6.07, 6.45) is 8.68. The van der Waals surface area contributed by atoms with Gasteiger partial charge < -0.3 is 19.0 Å². The Bertz CT molecular complexity index is 208. The van der Waals surface area contributed by atoms with Gasteiger partial charge in [0.1, 0.15) is 0 Å². The molecule has 0 fully saturated rings. The van der Waals surface area contributed by atoms with Crippen LogP contribution >= 0.6 is 0 Å². The number of hydrogen-bond acceptors (Lipinski definition) is 4. The van der Waals surface area contributed by atoms with Gasteiger partial charge in [0, 0.05) is 19.8 Å². The first-order valence-corrected chi connectivity index (χ1v) is 10.6. The minimum absolute atomic E-state index is 0.0981. The SMILES string of the molecule is CCCCCCC(N)[Si](OCCC)(OCCC)OCCC. The summed E-state index contributed by atoms with van der Waals surface area (Å²) in [6.45, 7) is 10.5. The van der Waals surface area contributed by atoms with Crippen LogP contribution in [0.1, 0.15) is 79.1 Å². The van der Waals surface area contributed by atoms with Crippen LogP contribution in [0.5, 0.6) is 0 Å². The molecule has 0 radical (unpaired) electrons. The Balaban J connectivity index is 4.65. The Hall–Kier alpha value is 0.0569. The van der Waals surface area contributed by atoms with Crippen molar-refractivity contribution in [1.82, 2.24) is 0 Å². The van der Waals surface area contributed by atoms with Gasteiger partial charge >= 0.3 is 8.80 Å². The van der Waals surface area contributed by atoms with Crippen molar-refractivity contribution in [2.24, 2.45) is 5.73 Å². The fourth-order valence-electron chi connectivity index (χ4n) is 2.15. The molecular weight excluding hydrogens is 282 g/mol. The van der Waals surface area contributed by atoms with Gasteiger partial charge in [0.15, 0.2) is 0 Å². The first-order valence-electron chi connectivity index (χ1n) is 8.84. The Kier molecular flexibility index (Phi) is 13.7. The zero-order valence-corrected chi connectivity index (χ0v) is 15.7. The number of rotatable bonds is 15. The van der Waals surface area contributed by atoms with Gasteiger partial charge in [-0.15, -0.1) is 0 Å². The Morgan fingerprint density at radius 3 is 1.57 bits per heavy atom. The van der Waals surface area contributed by atoms with Gasteiger partial charge in [-0.2, -0.15) is 0 Å². The van der Waals surface area contributed by atoms with Gasteiger partial charge in [0.2, 0.25) is 0 Å². The molecule has 0 aliphatic rings. The van der Waals surface area contributed by atoms with Crippen LogP contribution in [0.3, 0.4) is 0 Å². The first-order chi connectivity index (χ1) is 10.2. The second-order valence-corrected chi connectivity index (χ2v) is 8.42. The predicted octanol–water partition coefficient (Wildman–Crippen LogP) is 4.04. The molecule has 128 valence electrons. The van der Waals surface area contributed by atoms with E-state index in [1.807, 2.05) is 0 Å². The van der Waals surface area contributed by atoms with Gasteiger partial charge in [-0.3, -0.25) is 0 Å². The van der Waals surface area contributed by atoms with E-state index in [0.29, 0.717) is 19.8 Å². The van der Waals surface area contributed by atoms with Crippen LogP contribution in [0.4, 0.5) is 0 Å². The van der Waals surface area contributed by atoms with E-state index >= 15 is 0 Å². The van der Waals surface area contributed by atoms with Crippen LogP contribution in [0.25, 0.3) is 0 Å². The van der Waals surface area contributed by atoms with E-state index in [1.165, 1.54) is 19.3 Å². The van der Waals surface area contributed by atoms with Crippen molar-refractivity contribution in [3.63, 3.8) is 0 Å². The Morgan fingerprint density at radius 1 is 0.714 bits per heavy atom. The molecule has 0 saturated heterocycles. The highest BCUT2D eigenvalue weighted by Gasteiger charge is 2.47. The van der Waals surface area contributed by atoms with E-state index in [4.69, 9.17) is 19.0 Å². The van der Waals surface area contributed by atoms with Crippen molar-refractivity contribution in [3.8, 4) is 0 Å². The average molecular weight is 320 g/mol. The molecule has 0 aromatic rings. The van der Waals surface area contributed by atoms with Crippen LogP contribution in [0, 0.1) is 0 Å². The topological polar surface area (TPSA) is 53.7 Å². The molecule has 0 spiro atoms. The summed E-state index contributed by atoms with van der Waals surface area (Å²) in [7, 11) is -2.74. The van der Waals surface area contributed by atoms with Gasteiger partial charge in [0.05, 0.1) is 5.67 Å². The highest BCUT2D eigenvalue weighted by atomic mass is 28.4. The summed E-state index contributed by atoms with van der Waals surface area (Å²) in [5, 5.41) is 0. The van der Waals surface area contributed by atoms with Crippen molar-refractivity contribution in [1.29, 1.82) is 0 Å². The fourth-order valence-corrected chi connectivity index (χ4v) is 5.06. The monoisotopic (exact) mass is 319 g/mol. The summed E-state index contributed by atoms with van der Waals surface area (Å²) in [6, 6.07) is 0. The molecule has 0 aliphatic carbocycles. The van der Waals surface area contributed by atoms with Crippen molar-refractivity contribution in [3.05, 3.63) is 0 Å². The van der Waals surface area contributed by atoms with Crippen LogP contribution in [-0.4, -0.2) is 34.3 Å². The molecule has 0 saturated carbocycles. The van der Waals surface area contributed by atoms with Gasteiger partial charge in [-0.1, -0.05) is 53.4 Å². The normalized spacial score (nSPS) is 13.6. The highest BCUT2D eigenvalue weighted by molar-refractivity contribution is 6.62. The van der Waals surface area contributed by atoms with E-state index < -0.39 is 8.80 Å². The summed E-state index contributed by atoms with van der Waals surface area (Å²) in [4.78, 5) is 0. The molecule has 1 unspecified atom stereocenters. The minimum atomic E-state index is -2.74. The summed E-state index contributed by atoms with van der Waals surface area (Å²) in [5.41, 5.74) is 6.35. The standard InChI is InChI=1S/C16H37NO3Si/c1-5-9-10-11-12-16(17)21(18-13-6-2,19-14-7-3)20-15-8-4/h16H,5-15,17H2,1-4H3. The van der Waals surface area contributed by atoms with Crippen LogP contribution < -0.4 is 5.73 Å². The quantitative estimate of drug-likeness (QED) is 0.365. The lowest BCUT2D eigenvalue weighted by atomic mass is 10.1. The van der Waals surface area contributed by atoms with Crippen LogP contribution in [0.2, 0.25) is 0 Å². The van der Waals surface area contributed by atoms with Gasteiger partial charge in [0.25, 0.3) is 0 Å². The smallest absolute Gasteiger partial charge is 0.373 e. The molecule has 5 heteroatoms. The molecule has 0 aliphatic heterocycles. The average Bonchev–Trinajstić information content (AvgIpc) is 2.51. The molecule has 0 bridgehead atoms. The number of hydrogen-bond donors (Lipinski definition) is 1. The number of nitrogens with two attached hydrogens (primary N) is 1. The summed E-state index contributed by atoms with van der Waals surface area (Å²) < 4.78 is 18.2. The zero-order valence-electron chi connectivity index (χ0n) is 14.7. The van der Waals surface area contributed by atoms with Crippen molar-refractivity contribution >= 4 is 8.80 Å². The Labute approximate surface area is 133 Å². The second-order valence-electron chi connectivity index (χ2n) is 5.60. The fraction of sp³-hybridized carbons (Fsp3) is 1.00. The van der Waals surface area contributed by atoms with Gasteiger partial charge in [-0.25, -0.2) is 0 Å². The van der Waals surface area contributed by atoms with Crippen molar-refractivity contribution in [2.75, 3.05) is 19.8 Å².